The number of nitrogens with zero attached hydrogens (tertiary/aromatic N) is 6. The van der Waals surface area contributed by atoms with E-state index in [9.17, 15) is 4.79 Å². The van der Waals surface area contributed by atoms with Gasteiger partial charge in [0.2, 0.25) is 5.91 Å². The Hall–Kier alpha value is -2.51. The molecule has 1 atom stereocenters. The molecule has 0 aromatic carbocycles. The van der Waals surface area contributed by atoms with Crippen LogP contribution < -0.4 is 10.2 Å². The zero-order chi connectivity index (χ0) is 18.5. The van der Waals surface area contributed by atoms with Gasteiger partial charge in [-0.05, 0) is 25.7 Å². The minimum Gasteiger partial charge on any atom is -0.356 e. The summed E-state index contributed by atoms with van der Waals surface area (Å²) in [7, 11) is 0. The van der Waals surface area contributed by atoms with Crippen molar-refractivity contribution in [3.05, 3.63) is 25.0 Å². The highest BCUT2D eigenvalue weighted by molar-refractivity contribution is 5.79. The van der Waals surface area contributed by atoms with Crippen LogP contribution in [0.25, 0.3) is 5.82 Å². The molecule has 1 amide bonds. The fourth-order valence-electron chi connectivity index (χ4n) is 4.10. The van der Waals surface area contributed by atoms with E-state index in [0.717, 1.165) is 38.0 Å². The van der Waals surface area contributed by atoms with Gasteiger partial charge in [0.05, 0.1) is 5.92 Å². The van der Waals surface area contributed by atoms with Crippen LogP contribution in [0.4, 0.5) is 5.82 Å². The fraction of sp³-hybridized carbons (Fsp3) is 0.632. The molecular weight excluding hydrogens is 342 g/mol. The number of nitrogens with one attached hydrogen (secondary N) is 1. The van der Waals surface area contributed by atoms with E-state index in [1.54, 1.807) is 17.3 Å². The third kappa shape index (κ3) is 4.43. The summed E-state index contributed by atoms with van der Waals surface area (Å²) in [6.45, 7) is 1.60. The second kappa shape index (κ2) is 8.45. The van der Waals surface area contributed by atoms with Crippen molar-refractivity contribution in [2.45, 2.75) is 57.4 Å². The van der Waals surface area contributed by atoms with Gasteiger partial charge in [0.1, 0.15) is 24.8 Å². The summed E-state index contributed by atoms with van der Waals surface area (Å²) in [5, 5.41) is 7.43. The molecule has 0 radical (unpaired) electrons. The highest BCUT2D eigenvalue weighted by atomic mass is 16.2. The molecule has 1 N–H and O–H groups in total. The van der Waals surface area contributed by atoms with Crippen LogP contribution in [0.15, 0.2) is 25.0 Å². The highest BCUT2D eigenvalue weighted by Gasteiger charge is 2.28. The number of aromatic nitrogens is 5. The van der Waals surface area contributed by atoms with Gasteiger partial charge in [0, 0.05) is 25.2 Å². The monoisotopic (exact) mass is 369 g/mol. The zero-order valence-corrected chi connectivity index (χ0v) is 15.6. The molecule has 1 saturated heterocycles. The normalized spacial score (nSPS) is 21.6. The van der Waals surface area contributed by atoms with Crippen molar-refractivity contribution in [1.29, 1.82) is 0 Å². The lowest BCUT2D eigenvalue weighted by Gasteiger charge is -2.33. The van der Waals surface area contributed by atoms with E-state index in [-0.39, 0.29) is 11.8 Å². The summed E-state index contributed by atoms with van der Waals surface area (Å²) in [6, 6.07) is 2.26. The van der Waals surface area contributed by atoms with Gasteiger partial charge in [-0.3, -0.25) is 4.79 Å². The first-order valence-electron chi connectivity index (χ1n) is 10.0. The van der Waals surface area contributed by atoms with E-state index in [1.807, 2.05) is 6.07 Å². The van der Waals surface area contributed by atoms with Crippen LogP contribution in [0.2, 0.25) is 0 Å². The zero-order valence-electron chi connectivity index (χ0n) is 15.6. The van der Waals surface area contributed by atoms with Crippen molar-refractivity contribution in [3.63, 3.8) is 0 Å². The van der Waals surface area contributed by atoms with Gasteiger partial charge in [-0.2, -0.15) is 5.10 Å². The van der Waals surface area contributed by atoms with E-state index >= 15 is 0 Å². The lowest BCUT2D eigenvalue weighted by atomic mass is 9.96. The van der Waals surface area contributed by atoms with E-state index in [4.69, 9.17) is 0 Å². The molecule has 1 aliphatic carbocycles. The Morgan fingerprint density at radius 1 is 1.00 bits per heavy atom. The third-order valence-corrected chi connectivity index (χ3v) is 5.61. The summed E-state index contributed by atoms with van der Waals surface area (Å²) in [4.78, 5) is 27.6. The molecule has 2 fully saturated rings. The summed E-state index contributed by atoms with van der Waals surface area (Å²) >= 11 is 0. The van der Waals surface area contributed by atoms with Gasteiger partial charge >= 0.3 is 0 Å². The maximum atomic E-state index is 12.8. The number of piperidine rings is 1. The smallest absolute Gasteiger partial charge is 0.225 e. The first-order chi connectivity index (χ1) is 13.3. The molecule has 27 heavy (non-hydrogen) atoms. The topological polar surface area (TPSA) is 88.8 Å². The van der Waals surface area contributed by atoms with E-state index < -0.39 is 0 Å². The van der Waals surface area contributed by atoms with Crippen LogP contribution >= 0.6 is 0 Å². The molecule has 3 heterocycles. The van der Waals surface area contributed by atoms with Crippen molar-refractivity contribution < 1.29 is 4.79 Å². The maximum Gasteiger partial charge on any atom is 0.225 e. The van der Waals surface area contributed by atoms with Gasteiger partial charge in [-0.25, -0.2) is 19.6 Å². The number of anilines is 1. The third-order valence-electron chi connectivity index (χ3n) is 5.61. The fourth-order valence-corrected chi connectivity index (χ4v) is 4.10. The Bertz CT molecular complexity index is 740. The number of carbonyl (C=O) groups is 1. The van der Waals surface area contributed by atoms with Crippen LogP contribution in [-0.2, 0) is 4.79 Å². The van der Waals surface area contributed by atoms with Crippen LogP contribution in [0.3, 0.4) is 0 Å². The number of hydrogen-bond donors (Lipinski definition) is 1. The van der Waals surface area contributed by atoms with Crippen molar-refractivity contribution in [1.82, 2.24) is 30.0 Å². The van der Waals surface area contributed by atoms with E-state index in [0.29, 0.717) is 18.4 Å². The van der Waals surface area contributed by atoms with Crippen molar-refractivity contribution >= 4 is 11.7 Å². The summed E-state index contributed by atoms with van der Waals surface area (Å²) in [5.74, 6) is 1.74. The first kappa shape index (κ1) is 17.9. The number of rotatable bonds is 4. The second-order valence-electron chi connectivity index (χ2n) is 7.56. The minimum atomic E-state index is 0.0202. The molecule has 0 bridgehead atoms. The van der Waals surface area contributed by atoms with Crippen molar-refractivity contribution in [3.8, 4) is 5.82 Å². The van der Waals surface area contributed by atoms with Crippen LogP contribution in [0.1, 0.15) is 51.4 Å². The molecule has 1 aliphatic heterocycles. The first-order valence-corrected chi connectivity index (χ1v) is 10.0. The van der Waals surface area contributed by atoms with Crippen molar-refractivity contribution in [2.24, 2.45) is 5.92 Å². The van der Waals surface area contributed by atoms with Gasteiger partial charge in [-0.15, -0.1) is 0 Å². The largest absolute Gasteiger partial charge is 0.356 e. The van der Waals surface area contributed by atoms with Crippen LogP contribution in [0.5, 0.6) is 0 Å². The minimum absolute atomic E-state index is 0.0202. The molecule has 8 nitrogen and oxygen atoms in total. The summed E-state index contributed by atoms with van der Waals surface area (Å²) in [6.07, 6.45) is 13.9. The molecule has 0 spiro atoms. The summed E-state index contributed by atoms with van der Waals surface area (Å²) < 4.78 is 1.62. The summed E-state index contributed by atoms with van der Waals surface area (Å²) in [5.41, 5.74) is 0. The molecule has 1 saturated carbocycles. The van der Waals surface area contributed by atoms with Crippen LogP contribution in [0, 0.1) is 5.92 Å². The predicted octanol–water partition coefficient (Wildman–Crippen LogP) is 2.11. The highest BCUT2D eigenvalue weighted by Crippen LogP contribution is 2.24. The lowest BCUT2D eigenvalue weighted by Crippen LogP contribution is -2.46. The Labute approximate surface area is 159 Å². The van der Waals surface area contributed by atoms with Crippen molar-refractivity contribution in [2.75, 3.05) is 18.0 Å². The average molecular weight is 369 g/mol. The second-order valence-corrected chi connectivity index (χ2v) is 7.56. The molecule has 4 rings (SSSR count). The van der Waals surface area contributed by atoms with E-state index in [1.165, 1.54) is 32.0 Å². The standard InChI is InChI=1S/C19H27N7O/c27-19(24-16-7-3-1-2-4-8-16)15-6-5-9-25(11-15)17-10-18(22-13-21-17)26-14-20-12-23-26/h10,12-16H,1-9,11H2,(H,24,27). The van der Waals surface area contributed by atoms with Gasteiger partial charge < -0.3 is 10.2 Å². The Balaban J connectivity index is 1.40. The molecule has 8 heteroatoms. The molecular formula is C19H27N7O. The molecule has 1 unspecified atom stereocenters. The van der Waals surface area contributed by atoms with Gasteiger partial charge in [0.15, 0.2) is 5.82 Å². The average Bonchev–Trinajstić information content (AvgIpc) is 3.14. The quantitative estimate of drug-likeness (QED) is 0.831. The number of carbonyl (C=O) groups excluding carboxylic acids is 1. The van der Waals surface area contributed by atoms with E-state index in [2.05, 4.69) is 30.3 Å². The molecule has 2 aliphatic rings. The van der Waals surface area contributed by atoms with Crippen LogP contribution in [-0.4, -0.2) is 49.8 Å². The molecule has 144 valence electrons. The van der Waals surface area contributed by atoms with Gasteiger partial charge in [-0.1, -0.05) is 25.7 Å². The number of hydrogen-bond acceptors (Lipinski definition) is 6. The Morgan fingerprint density at radius 3 is 2.59 bits per heavy atom. The Kier molecular flexibility index (Phi) is 5.60. The van der Waals surface area contributed by atoms with Gasteiger partial charge in [0.25, 0.3) is 0 Å². The number of amides is 1. The maximum absolute atomic E-state index is 12.8. The predicted molar refractivity (Wildman–Crippen MR) is 102 cm³/mol. The molecule has 2 aromatic rings. The molecule has 2 aromatic heterocycles. The lowest BCUT2D eigenvalue weighted by molar-refractivity contribution is -0.126. The SMILES string of the molecule is O=C(NC1CCCCCC1)C1CCCN(c2cc(-n3cncn3)ncn2)C1. The Morgan fingerprint density at radius 2 is 1.81 bits per heavy atom.